The fourth-order valence-corrected chi connectivity index (χ4v) is 4.16. The highest BCUT2D eigenvalue weighted by molar-refractivity contribution is 7.12. The molecule has 1 aliphatic heterocycles. The van der Waals surface area contributed by atoms with E-state index in [2.05, 4.69) is 10.1 Å². The van der Waals surface area contributed by atoms with Gasteiger partial charge in [0.05, 0.1) is 18.3 Å². The third kappa shape index (κ3) is 4.58. The topological polar surface area (TPSA) is 51.0 Å². The number of fused-ring (bicyclic) bond motifs is 1. The van der Waals surface area contributed by atoms with E-state index in [-0.39, 0.29) is 18.9 Å². The molecule has 0 amide bonds. The molecule has 0 aliphatic carbocycles. The maximum absolute atomic E-state index is 12.9. The van der Waals surface area contributed by atoms with Gasteiger partial charge in [-0.25, -0.2) is 9.48 Å². The maximum atomic E-state index is 12.9. The molecular formula is C19H14F6N4OS. The monoisotopic (exact) mass is 460 g/mol. The lowest BCUT2D eigenvalue weighted by Crippen LogP contribution is -2.35. The lowest BCUT2D eigenvalue weighted by molar-refractivity contribution is -0.137. The van der Waals surface area contributed by atoms with Crippen LogP contribution >= 0.6 is 11.3 Å². The molecule has 0 fully saturated rings. The molecular weight excluding hydrogens is 446 g/mol. The van der Waals surface area contributed by atoms with Crippen LogP contribution in [0.5, 0.6) is 0 Å². The van der Waals surface area contributed by atoms with E-state index in [0.29, 0.717) is 40.3 Å². The molecule has 2 aromatic heterocycles. The predicted octanol–water partition coefficient (Wildman–Crippen LogP) is 4.35. The number of alkyl halides is 6. The van der Waals surface area contributed by atoms with Crippen molar-refractivity contribution >= 4 is 17.2 Å². The van der Waals surface area contributed by atoms with Gasteiger partial charge in [0.1, 0.15) is 4.88 Å². The number of aromatic nitrogens is 3. The van der Waals surface area contributed by atoms with Gasteiger partial charge in [0.15, 0.2) is 5.82 Å². The molecule has 0 atom stereocenters. The highest BCUT2D eigenvalue weighted by atomic mass is 32.1. The summed E-state index contributed by atoms with van der Waals surface area (Å²) in [5, 5.41) is 4.00. The Bertz CT molecular complexity index is 1170. The fraction of sp³-hybridized carbons (Fsp3) is 0.316. The van der Waals surface area contributed by atoms with Gasteiger partial charge in [-0.3, -0.25) is 0 Å². The number of rotatable bonds is 3. The zero-order chi connectivity index (χ0) is 22.4. The van der Waals surface area contributed by atoms with E-state index >= 15 is 0 Å². The van der Waals surface area contributed by atoms with E-state index in [1.807, 2.05) is 0 Å². The second kappa shape index (κ2) is 7.66. The summed E-state index contributed by atoms with van der Waals surface area (Å²) in [6.45, 7) is 0.480. The van der Waals surface area contributed by atoms with Crippen molar-refractivity contribution in [3.8, 4) is 0 Å². The van der Waals surface area contributed by atoms with Crippen LogP contribution in [0.4, 0.5) is 32.2 Å². The number of halogens is 6. The van der Waals surface area contributed by atoms with Crippen LogP contribution < -0.4 is 10.6 Å². The fourth-order valence-electron chi connectivity index (χ4n) is 3.30. The van der Waals surface area contributed by atoms with Gasteiger partial charge in [-0.2, -0.15) is 36.4 Å². The summed E-state index contributed by atoms with van der Waals surface area (Å²) in [4.78, 5) is 17.5. The summed E-state index contributed by atoms with van der Waals surface area (Å²) >= 11 is 0.528. The third-order valence-corrected chi connectivity index (χ3v) is 5.97. The molecule has 3 aromatic rings. The minimum absolute atomic E-state index is 0.143. The van der Waals surface area contributed by atoms with Crippen molar-refractivity contribution in [3.05, 3.63) is 73.5 Å². The number of thiophene rings is 1. The van der Waals surface area contributed by atoms with Crippen LogP contribution in [0.25, 0.3) is 0 Å². The van der Waals surface area contributed by atoms with Crippen molar-refractivity contribution in [2.24, 2.45) is 0 Å². The number of hydrogen-bond acceptors (Lipinski definition) is 5. The van der Waals surface area contributed by atoms with Gasteiger partial charge in [-0.1, -0.05) is 6.07 Å². The highest BCUT2D eigenvalue weighted by Crippen LogP contribution is 2.35. The zero-order valence-corrected chi connectivity index (χ0v) is 16.5. The number of benzene rings is 1. The lowest BCUT2D eigenvalue weighted by Gasteiger charge is -2.29. The first-order chi connectivity index (χ1) is 14.5. The number of hydrogen-bond donors (Lipinski definition) is 0. The molecule has 1 aliphatic rings. The largest absolute Gasteiger partial charge is 0.425 e. The SMILES string of the molecule is O=c1nc(N2CCc3cc(C(F)(F)F)ccc3C2)cnn1Cc1ccc(C(F)(F)F)s1. The van der Waals surface area contributed by atoms with Gasteiger partial charge in [0.2, 0.25) is 0 Å². The standard InChI is InChI=1S/C19H14F6N4OS/c20-18(21,22)13-2-1-12-9-28(6-5-11(12)7-13)16-8-26-29(17(30)27-16)10-14-3-4-15(31-14)19(23,24)25/h1-4,7-8H,5-6,9-10H2. The Morgan fingerprint density at radius 2 is 1.77 bits per heavy atom. The van der Waals surface area contributed by atoms with Crippen molar-refractivity contribution in [1.82, 2.24) is 14.8 Å². The smallest absolute Gasteiger partial charge is 0.350 e. The quantitative estimate of drug-likeness (QED) is 0.546. The maximum Gasteiger partial charge on any atom is 0.425 e. The van der Waals surface area contributed by atoms with E-state index in [9.17, 15) is 31.1 Å². The summed E-state index contributed by atoms with van der Waals surface area (Å²) in [7, 11) is 0. The van der Waals surface area contributed by atoms with E-state index in [4.69, 9.17) is 0 Å². The molecule has 12 heteroatoms. The third-order valence-electron chi connectivity index (χ3n) is 4.86. The van der Waals surface area contributed by atoms with Crippen molar-refractivity contribution in [2.75, 3.05) is 11.4 Å². The molecule has 0 bridgehead atoms. The molecule has 4 rings (SSSR count). The Kier molecular flexibility index (Phi) is 5.28. The summed E-state index contributed by atoms with van der Waals surface area (Å²) in [5.74, 6) is 0.258. The van der Waals surface area contributed by atoms with Gasteiger partial charge in [-0.15, -0.1) is 11.3 Å². The first kappa shape index (κ1) is 21.3. The molecule has 31 heavy (non-hydrogen) atoms. The molecule has 0 spiro atoms. The van der Waals surface area contributed by atoms with E-state index in [1.54, 1.807) is 4.90 Å². The van der Waals surface area contributed by atoms with Gasteiger partial charge < -0.3 is 4.90 Å². The Balaban J connectivity index is 1.50. The van der Waals surface area contributed by atoms with Gasteiger partial charge in [0.25, 0.3) is 0 Å². The molecule has 5 nitrogen and oxygen atoms in total. The number of anilines is 1. The van der Waals surface area contributed by atoms with Crippen LogP contribution in [0.1, 0.15) is 26.4 Å². The van der Waals surface area contributed by atoms with Crippen LogP contribution in [-0.4, -0.2) is 21.3 Å². The Morgan fingerprint density at radius 3 is 2.42 bits per heavy atom. The lowest BCUT2D eigenvalue weighted by atomic mass is 9.97. The molecule has 1 aromatic carbocycles. The van der Waals surface area contributed by atoms with Crippen LogP contribution in [-0.2, 0) is 31.9 Å². The Labute approximate surface area is 175 Å². The van der Waals surface area contributed by atoms with Crippen LogP contribution in [0.3, 0.4) is 0 Å². The summed E-state index contributed by atoms with van der Waals surface area (Å²) in [6.07, 6.45) is -7.19. The summed E-state index contributed by atoms with van der Waals surface area (Å²) in [5.41, 5.74) is -0.143. The minimum atomic E-state index is -4.45. The second-order valence-electron chi connectivity index (χ2n) is 6.97. The molecule has 0 saturated carbocycles. The average Bonchev–Trinajstić information content (AvgIpc) is 3.17. The molecule has 164 valence electrons. The van der Waals surface area contributed by atoms with Crippen molar-refractivity contribution in [1.29, 1.82) is 0 Å². The predicted molar refractivity (Wildman–Crippen MR) is 101 cm³/mol. The van der Waals surface area contributed by atoms with Gasteiger partial charge >= 0.3 is 18.0 Å². The Hall–Kier alpha value is -2.89. The van der Waals surface area contributed by atoms with Crippen molar-refractivity contribution < 1.29 is 26.3 Å². The van der Waals surface area contributed by atoms with E-state index < -0.39 is 28.5 Å². The average molecular weight is 460 g/mol. The van der Waals surface area contributed by atoms with Crippen molar-refractivity contribution in [3.63, 3.8) is 0 Å². The van der Waals surface area contributed by atoms with Gasteiger partial charge in [-0.05, 0) is 41.8 Å². The first-order valence-corrected chi connectivity index (χ1v) is 9.86. The van der Waals surface area contributed by atoms with Crippen molar-refractivity contribution in [2.45, 2.75) is 31.9 Å². The molecule has 0 unspecified atom stereocenters. The molecule has 3 heterocycles. The highest BCUT2D eigenvalue weighted by Gasteiger charge is 2.33. The zero-order valence-electron chi connectivity index (χ0n) is 15.7. The summed E-state index contributed by atoms with van der Waals surface area (Å²) in [6, 6.07) is 5.79. The normalized spacial score (nSPS) is 14.6. The molecule has 0 N–H and O–H groups in total. The number of nitrogens with zero attached hydrogens (tertiary/aromatic N) is 4. The van der Waals surface area contributed by atoms with Gasteiger partial charge in [0, 0.05) is 18.0 Å². The minimum Gasteiger partial charge on any atom is -0.350 e. The van der Waals surface area contributed by atoms with E-state index in [1.165, 1.54) is 18.3 Å². The molecule has 0 saturated heterocycles. The van der Waals surface area contributed by atoms with Crippen LogP contribution in [0.2, 0.25) is 0 Å². The Morgan fingerprint density at radius 1 is 1.00 bits per heavy atom. The molecule has 0 radical (unpaired) electrons. The van der Waals surface area contributed by atoms with Crippen LogP contribution in [0, 0.1) is 0 Å². The summed E-state index contributed by atoms with van der Waals surface area (Å²) < 4.78 is 77.7. The first-order valence-electron chi connectivity index (χ1n) is 9.05. The van der Waals surface area contributed by atoms with Crippen LogP contribution in [0.15, 0.2) is 41.3 Å². The second-order valence-corrected chi connectivity index (χ2v) is 8.14. The van der Waals surface area contributed by atoms with E-state index in [0.717, 1.165) is 22.9 Å².